The van der Waals surface area contributed by atoms with Crippen LogP contribution in [0.4, 0.5) is 5.69 Å². The lowest BCUT2D eigenvalue weighted by molar-refractivity contribution is -0.119. The first kappa shape index (κ1) is 15.6. The monoisotopic (exact) mass is 323 g/mol. The van der Waals surface area contributed by atoms with Gasteiger partial charge in [0.15, 0.2) is 6.61 Å². The van der Waals surface area contributed by atoms with Crippen LogP contribution in [0.1, 0.15) is 20.9 Å². The minimum atomic E-state index is -1.22. The van der Waals surface area contributed by atoms with E-state index in [0.29, 0.717) is 0 Å². The number of nitrogens with one attached hydrogen (secondary N) is 1. The number of furan rings is 1. The van der Waals surface area contributed by atoms with Crippen molar-refractivity contribution in [3.63, 3.8) is 0 Å². The molecule has 0 saturated heterocycles. The van der Waals surface area contributed by atoms with Crippen LogP contribution in [0.2, 0.25) is 5.02 Å². The number of halogens is 1. The normalized spacial score (nSPS) is 10.0. The minimum absolute atomic E-state index is 0.0209. The van der Waals surface area contributed by atoms with Crippen molar-refractivity contribution in [3.05, 3.63) is 52.9 Å². The summed E-state index contributed by atoms with van der Waals surface area (Å²) in [5.74, 6) is -2.64. The van der Waals surface area contributed by atoms with E-state index in [-0.39, 0.29) is 22.0 Å². The van der Waals surface area contributed by atoms with Crippen molar-refractivity contribution in [2.24, 2.45) is 0 Å². The molecule has 0 fully saturated rings. The summed E-state index contributed by atoms with van der Waals surface area (Å²) in [6.07, 6.45) is 1.30. The number of benzene rings is 1. The molecule has 2 N–H and O–H groups in total. The Bertz CT molecular complexity index is 710. The molecule has 0 aliphatic rings. The Kier molecular flexibility index (Phi) is 4.80. The van der Waals surface area contributed by atoms with Crippen molar-refractivity contribution in [1.29, 1.82) is 0 Å². The van der Waals surface area contributed by atoms with E-state index in [1.807, 2.05) is 0 Å². The van der Waals surface area contributed by atoms with Gasteiger partial charge in [0, 0.05) is 5.69 Å². The molecule has 1 amide bonds. The Morgan fingerprint density at radius 3 is 2.68 bits per heavy atom. The predicted octanol–water partition coefficient (Wildman–Crippen LogP) is 2.43. The number of esters is 1. The second-order valence-corrected chi connectivity index (χ2v) is 4.51. The highest BCUT2D eigenvalue weighted by molar-refractivity contribution is 6.33. The third-order valence-corrected chi connectivity index (χ3v) is 2.87. The summed E-state index contributed by atoms with van der Waals surface area (Å²) in [4.78, 5) is 34.0. The molecule has 1 aromatic heterocycles. The maximum absolute atomic E-state index is 11.7. The van der Waals surface area contributed by atoms with Gasteiger partial charge in [-0.3, -0.25) is 4.79 Å². The molecule has 114 valence electrons. The maximum Gasteiger partial charge on any atom is 0.374 e. The van der Waals surface area contributed by atoms with Crippen LogP contribution >= 0.6 is 11.6 Å². The largest absolute Gasteiger partial charge is 0.478 e. The molecule has 22 heavy (non-hydrogen) atoms. The van der Waals surface area contributed by atoms with Gasteiger partial charge in [-0.2, -0.15) is 0 Å². The van der Waals surface area contributed by atoms with Crippen LogP contribution < -0.4 is 5.32 Å². The molecule has 0 saturated carbocycles. The molecular formula is C14H10ClNO6. The van der Waals surface area contributed by atoms with Crippen LogP contribution in [0.25, 0.3) is 0 Å². The zero-order valence-corrected chi connectivity index (χ0v) is 11.8. The number of hydrogen-bond acceptors (Lipinski definition) is 5. The standard InChI is InChI=1S/C14H10ClNO6/c15-10-4-3-8(6-9(10)13(18)19)16-12(17)7-22-14(20)11-2-1-5-21-11/h1-6H,7H2,(H,16,17)(H,18,19). The van der Waals surface area contributed by atoms with Gasteiger partial charge in [-0.05, 0) is 30.3 Å². The van der Waals surface area contributed by atoms with Crippen molar-refractivity contribution < 1.29 is 28.6 Å². The van der Waals surface area contributed by atoms with E-state index in [9.17, 15) is 14.4 Å². The van der Waals surface area contributed by atoms with E-state index in [0.717, 1.165) is 0 Å². The molecule has 2 rings (SSSR count). The van der Waals surface area contributed by atoms with Gasteiger partial charge in [-0.25, -0.2) is 9.59 Å². The van der Waals surface area contributed by atoms with Crippen LogP contribution in [0, 0.1) is 0 Å². The topological polar surface area (TPSA) is 106 Å². The highest BCUT2D eigenvalue weighted by Gasteiger charge is 2.14. The Balaban J connectivity index is 1.93. The lowest BCUT2D eigenvalue weighted by Gasteiger charge is -2.07. The van der Waals surface area contributed by atoms with Crippen molar-refractivity contribution in [3.8, 4) is 0 Å². The number of anilines is 1. The van der Waals surface area contributed by atoms with Gasteiger partial charge >= 0.3 is 11.9 Å². The molecule has 1 heterocycles. The zero-order valence-electron chi connectivity index (χ0n) is 11.0. The molecule has 0 radical (unpaired) electrons. The molecule has 0 unspecified atom stereocenters. The van der Waals surface area contributed by atoms with Crippen LogP contribution in [-0.2, 0) is 9.53 Å². The number of rotatable bonds is 5. The summed E-state index contributed by atoms with van der Waals surface area (Å²) >= 11 is 5.71. The van der Waals surface area contributed by atoms with Gasteiger partial charge < -0.3 is 19.6 Å². The first-order valence-electron chi connectivity index (χ1n) is 6.00. The average molecular weight is 324 g/mol. The van der Waals surface area contributed by atoms with Crippen molar-refractivity contribution in [2.75, 3.05) is 11.9 Å². The first-order valence-corrected chi connectivity index (χ1v) is 6.38. The van der Waals surface area contributed by atoms with E-state index >= 15 is 0 Å². The van der Waals surface area contributed by atoms with Crippen molar-refractivity contribution in [1.82, 2.24) is 0 Å². The molecule has 0 atom stereocenters. The molecule has 0 bridgehead atoms. The van der Waals surface area contributed by atoms with Crippen LogP contribution in [0.5, 0.6) is 0 Å². The number of carboxylic acid groups (broad SMARTS) is 1. The van der Waals surface area contributed by atoms with Gasteiger partial charge in [0.1, 0.15) is 0 Å². The molecule has 1 aromatic carbocycles. The number of ether oxygens (including phenoxy) is 1. The minimum Gasteiger partial charge on any atom is -0.478 e. The number of carbonyl (C=O) groups excluding carboxylic acids is 2. The number of carboxylic acids is 1. The number of carbonyl (C=O) groups is 3. The molecule has 0 spiro atoms. The van der Waals surface area contributed by atoms with E-state index < -0.39 is 24.5 Å². The van der Waals surface area contributed by atoms with Crippen molar-refractivity contribution in [2.45, 2.75) is 0 Å². The SMILES string of the molecule is O=C(COC(=O)c1ccco1)Nc1ccc(Cl)c(C(=O)O)c1. The second kappa shape index (κ2) is 6.77. The van der Waals surface area contributed by atoms with Gasteiger partial charge in [-0.1, -0.05) is 11.6 Å². The lowest BCUT2D eigenvalue weighted by Crippen LogP contribution is -2.21. The molecule has 2 aromatic rings. The Morgan fingerprint density at radius 1 is 1.27 bits per heavy atom. The third-order valence-electron chi connectivity index (χ3n) is 2.54. The highest BCUT2D eigenvalue weighted by atomic mass is 35.5. The van der Waals surface area contributed by atoms with Crippen LogP contribution in [0.15, 0.2) is 41.0 Å². The summed E-state index contributed by atoms with van der Waals surface area (Å²) in [5.41, 5.74) is 0.0768. The van der Waals surface area contributed by atoms with Gasteiger partial charge in [0.25, 0.3) is 5.91 Å². The van der Waals surface area contributed by atoms with E-state index in [1.54, 1.807) is 0 Å². The average Bonchev–Trinajstić information content (AvgIpc) is 3.01. The predicted molar refractivity (Wildman–Crippen MR) is 76.0 cm³/mol. The molecular weight excluding hydrogens is 314 g/mol. The molecule has 0 aliphatic carbocycles. The van der Waals surface area contributed by atoms with E-state index in [2.05, 4.69) is 5.32 Å². The molecule has 7 nitrogen and oxygen atoms in total. The van der Waals surface area contributed by atoms with Gasteiger partial charge in [-0.15, -0.1) is 0 Å². The summed E-state index contributed by atoms with van der Waals surface area (Å²) in [5, 5.41) is 11.4. The fourth-order valence-corrected chi connectivity index (χ4v) is 1.76. The van der Waals surface area contributed by atoms with Gasteiger partial charge in [0.2, 0.25) is 5.76 Å². The lowest BCUT2D eigenvalue weighted by atomic mass is 10.2. The molecule has 0 aliphatic heterocycles. The highest BCUT2D eigenvalue weighted by Crippen LogP contribution is 2.20. The third kappa shape index (κ3) is 3.86. The second-order valence-electron chi connectivity index (χ2n) is 4.10. The first-order chi connectivity index (χ1) is 10.5. The summed E-state index contributed by atoms with van der Waals surface area (Å²) < 4.78 is 9.55. The van der Waals surface area contributed by atoms with Crippen LogP contribution in [0.3, 0.4) is 0 Å². The van der Waals surface area contributed by atoms with Crippen LogP contribution in [-0.4, -0.2) is 29.6 Å². The maximum atomic E-state index is 11.7. The Morgan fingerprint density at radius 2 is 2.05 bits per heavy atom. The summed E-state index contributed by atoms with van der Waals surface area (Å²) in [6.45, 7) is -0.537. The molecule has 8 heteroatoms. The Labute approximate surface area is 129 Å². The zero-order chi connectivity index (χ0) is 16.1. The van der Waals surface area contributed by atoms with E-state index in [4.69, 9.17) is 25.9 Å². The van der Waals surface area contributed by atoms with E-state index in [1.165, 1.54) is 36.6 Å². The summed E-state index contributed by atoms with van der Waals surface area (Å²) in [7, 11) is 0. The number of aromatic carboxylic acids is 1. The van der Waals surface area contributed by atoms with Crippen molar-refractivity contribution >= 4 is 35.1 Å². The fraction of sp³-hybridized carbons (Fsp3) is 0.0714. The van der Waals surface area contributed by atoms with Gasteiger partial charge in [0.05, 0.1) is 16.8 Å². The summed E-state index contributed by atoms with van der Waals surface area (Å²) in [6, 6.07) is 6.89. The fourth-order valence-electron chi connectivity index (χ4n) is 1.56. The number of amides is 1. The Hall–Kier alpha value is -2.80. The quantitative estimate of drug-likeness (QED) is 0.818. The smallest absolute Gasteiger partial charge is 0.374 e. The number of hydrogen-bond donors (Lipinski definition) is 2.